The van der Waals surface area contributed by atoms with Crippen LogP contribution < -0.4 is 0 Å². The highest BCUT2D eigenvalue weighted by Crippen LogP contribution is 2.19. The summed E-state index contributed by atoms with van der Waals surface area (Å²) in [5.41, 5.74) is 0. The summed E-state index contributed by atoms with van der Waals surface area (Å²) < 4.78 is 46.0. The molecule has 13 heavy (non-hydrogen) atoms. The molecule has 1 fully saturated rings. The lowest BCUT2D eigenvalue weighted by atomic mass is 10.4. The van der Waals surface area contributed by atoms with Crippen LogP contribution in [0.5, 0.6) is 0 Å². The summed E-state index contributed by atoms with van der Waals surface area (Å²) in [5.74, 6) is 0. The second-order valence-electron chi connectivity index (χ2n) is 2.67. The van der Waals surface area contributed by atoms with E-state index < -0.39 is 12.4 Å². The van der Waals surface area contributed by atoms with E-state index in [2.05, 4.69) is 11.3 Å². The van der Waals surface area contributed by atoms with Crippen molar-refractivity contribution in [2.75, 3.05) is 0 Å². The molecule has 0 bridgehead atoms. The van der Waals surface area contributed by atoms with E-state index >= 15 is 0 Å². The summed E-state index contributed by atoms with van der Waals surface area (Å²) in [5, 5.41) is 0. The van der Waals surface area contributed by atoms with E-state index in [1.807, 2.05) is 0 Å². The van der Waals surface area contributed by atoms with Gasteiger partial charge in [0.25, 0.3) is 6.01 Å². The van der Waals surface area contributed by atoms with Crippen molar-refractivity contribution in [1.29, 1.82) is 0 Å². The Morgan fingerprint density at radius 2 is 1.31 bits per heavy atom. The topological polar surface area (TPSA) is 9.23 Å². The molecule has 0 aliphatic heterocycles. The largest absolute Gasteiger partial charge is 0.574 e. The Labute approximate surface area is 74.4 Å². The molecule has 0 spiro atoms. The Morgan fingerprint density at radius 1 is 1.00 bits per heavy atom. The second kappa shape index (κ2) is 5.83. The second-order valence-corrected chi connectivity index (χ2v) is 2.67. The van der Waals surface area contributed by atoms with Crippen molar-refractivity contribution < 1.29 is 22.3 Å². The molecule has 0 aromatic rings. The zero-order valence-electron chi connectivity index (χ0n) is 7.16. The van der Waals surface area contributed by atoms with E-state index in [-0.39, 0.29) is 0 Å². The lowest BCUT2D eigenvalue weighted by molar-refractivity contribution is -0.313. The molecule has 1 rings (SSSR count). The molecule has 0 radical (unpaired) electrons. The molecule has 0 amide bonds. The molecular weight excluding hydrogens is 188 g/mol. The Bertz CT molecular complexity index is 141. The van der Waals surface area contributed by atoms with E-state index in [1.54, 1.807) is 0 Å². The van der Waals surface area contributed by atoms with Crippen molar-refractivity contribution in [1.82, 2.24) is 0 Å². The summed E-state index contributed by atoms with van der Waals surface area (Å²) >= 11 is 0. The summed E-state index contributed by atoms with van der Waals surface area (Å²) in [7, 11) is 0. The third kappa shape index (κ3) is 11.3. The third-order valence-corrected chi connectivity index (χ3v) is 1.48. The highest BCUT2D eigenvalue weighted by atomic mass is 19.4. The van der Waals surface area contributed by atoms with Crippen LogP contribution in [-0.2, 0) is 4.74 Å². The molecule has 5 heteroatoms. The Kier molecular flexibility index (Phi) is 5.50. The lowest BCUT2D eigenvalue weighted by Crippen LogP contribution is -2.10. The average Bonchev–Trinajstić information content (AvgIpc) is 2.33. The highest BCUT2D eigenvalue weighted by molar-refractivity contribution is 4.63. The van der Waals surface area contributed by atoms with E-state index in [1.165, 1.54) is 32.1 Å². The summed E-state index contributed by atoms with van der Waals surface area (Å²) in [6, 6.07) is -1.85. The first kappa shape index (κ1) is 12.3. The monoisotopic (exact) mass is 200 g/mol. The fraction of sp³-hybridized carbons (Fsp3) is 0.750. The molecule has 0 heterocycles. The molecule has 0 N–H and O–H groups in total. The van der Waals surface area contributed by atoms with Gasteiger partial charge in [0.2, 0.25) is 0 Å². The predicted octanol–water partition coefficient (Wildman–Crippen LogP) is 3.91. The Morgan fingerprint density at radius 3 is 1.38 bits per heavy atom. The maximum Gasteiger partial charge on any atom is 0.574 e. The molecule has 1 saturated carbocycles. The number of alkyl halides is 3. The van der Waals surface area contributed by atoms with Gasteiger partial charge in [0.05, 0.1) is 0 Å². The molecule has 0 unspecified atom stereocenters. The predicted molar refractivity (Wildman–Crippen MR) is 40.5 cm³/mol. The van der Waals surface area contributed by atoms with Gasteiger partial charge in [-0.1, -0.05) is 32.1 Å². The maximum absolute atomic E-state index is 11.1. The average molecular weight is 200 g/mol. The van der Waals surface area contributed by atoms with Gasteiger partial charge in [-0.15, -0.1) is 13.2 Å². The minimum absolute atomic E-state index is 1.50. The fourth-order valence-electron chi connectivity index (χ4n) is 1.01. The number of rotatable bonds is 1. The van der Waals surface area contributed by atoms with Gasteiger partial charge >= 0.3 is 6.36 Å². The molecule has 1 aliphatic carbocycles. The molecule has 0 atom stereocenters. The number of hydrogen-bond acceptors (Lipinski definition) is 1. The van der Waals surface area contributed by atoms with Gasteiger partial charge in [-0.3, -0.25) is 0 Å². The van der Waals surface area contributed by atoms with E-state index in [9.17, 15) is 17.6 Å². The normalized spacial score (nSPS) is 16.0. The van der Waals surface area contributed by atoms with Crippen LogP contribution in [0.25, 0.3) is 0 Å². The van der Waals surface area contributed by atoms with Gasteiger partial charge < -0.3 is 4.74 Å². The summed E-state index contributed by atoms with van der Waals surface area (Å²) in [6.45, 7) is 2.23. The van der Waals surface area contributed by atoms with Gasteiger partial charge in [0, 0.05) is 0 Å². The Balaban J connectivity index is 0.000000243. The van der Waals surface area contributed by atoms with Crippen molar-refractivity contribution in [3.63, 3.8) is 0 Å². The van der Waals surface area contributed by atoms with Gasteiger partial charge in [-0.25, -0.2) is 0 Å². The first-order valence-corrected chi connectivity index (χ1v) is 4.02. The van der Waals surface area contributed by atoms with E-state index in [0.29, 0.717) is 0 Å². The van der Waals surface area contributed by atoms with Crippen molar-refractivity contribution in [2.45, 2.75) is 38.5 Å². The van der Waals surface area contributed by atoms with Crippen molar-refractivity contribution >= 4 is 0 Å². The highest BCUT2D eigenvalue weighted by Gasteiger charge is 2.31. The molecule has 0 aromatic carbocycles. The van der Waals surface area contributed by atoms with E-state index in [0.717, 1.165) is 0 Å². The van der Waals surface area contributed by atoms with Crippen LogP contribution in [0.1, 0.15) is 32.1 Å². The van der Waals surface area contributed by atoms with Crippen LogP contribution in [0.2, 0.25) is 0 Å². The first-order valence-electron chi connectivity index (χ1n) is 4.02. The van der Waals surface area contributed by atoms with Crippen molar-refractivity contribution in [2.24, 2.45) is 0 Å². The van der Waals surface area contributed by atoms with Crippen LogP contribution >= 0.6 is 0 Å². The smallest absolute Gasteiger partial charge is 0.379 e. The van der Waals surface area contributed by atoms with E-state index in [4.69, 9.17) is 0 Å². The molecule has 1 nitrogen and oxygen atoms in total. The van der Waals surface area contributed by atoms with Crippen LogP contribution in [0, 0.1) is 0 Å². The minimum atomic E-state index is -4.95. The molecular formula is C8H12F4O. The summed E-state index contributed by atoms with van der Waals surface area (Å²) in [6.07, 6.45) is 2.55. The Hall–Kier alpha value is -0.740. The van der Waals surface area contributed by atoms with Crippen molar-refractivity contribution in [3.05, 3.63) is 12.6 Å². The fourth-order valence-corrected chi connectivity index (χ4v) is 1.01. The van der Waals surface area contributed by atoms with Gasteiger partial charge in [0.15, 0.2) is 0 Å². The lowest BCUT2D eigenvalue weighted by Gasteiger charge is -2.02. The SMILES string of the molecule is C1CCCC1.C=C(F)OC(F)(F)F. The van der Waals surface area contributed by atoms with Crippen LogP contribution in [0.4, 0.5) is 17.6 Å². The van der Waals surface area contributed by atoms with Gasteiger partial charge in [0.1, 0.15) is 0 Å². The standard InChI is InChI=1S/C5H10.C3H2F4O/c1-2-4-5-3-1;1-2(4)8-3(5,6)7/h1-5H2;1H2. The molecule has 0 aromatic heterocycles. The molecule has 0 saturated heterocycles. The van der Waals surface area contributed by atoms with Crippen molar-refractivity contribution in [3.8, 4) is 0 Å². The first-order chi connectivity index (χ1) is 5.92. The zero-order valence-corrected chi connectivity index (χ0v) is 7.16. The zero-order chi connectivity index (χ0) is 10.3. The van der Waals surface area contributed by atoms with Crippen LogP contribution in [-0.4, -0.2) is 6.36 Å². The van der Waals surface area contributed by atoms with Gasteiger partial charge in [-0.2, -0.15) is 4.39 Å². The molecule has 1 aliphatic rings. The van der Waals surface area contributed by atoms with Crippen LogP contribution in [0.3, 0.4) is 0 Å². The third-order valence-electron chi connectivity index (χ3n) is 1.48. The number of hydrogen-bond donors (Lipinski definition) is 0. The minimum Gasteiger partial charge on any atom is -0.379 e. The quantitative estimate of drug-likeness (QED) is 0.460. The number of halogens is 4. The molecule has 78 valence electrons. The number of ether oxygens (including phenoxy) is 1. The van der Waals surface area contributed by atoms with Gasteiger partial charge in [-0.05, 0) is 6.58 Å². The maximum atomic E-state index is 11.1. The summed E-state index contributed by atoms with van der Waals surface area (Å²) in [4.78, 5) is 0. The van der Waals surface area contributed by atoms with Crippen LogP contribution in [0.15, 0.2) is 12.6 Å².